The zero-order valence-electron chi connectivity index (χ0n) is 15.6. The summed E-state index contributed by atoms with van der Waals surface area (Å²) in [5.41, 5.74) is 3.03. The van der Waals surface area contributed by atoms with Gasteiger partial charge < -0.3 is 15.2 Å². The Labute approximate surface area is 163 Å². The number of carbonyl (C=O) groups is 1. The Balaban J connectivity index is 1.44. The van der Waals surface area contributed by atoms with E-state index in [2.05, 4.69) is 32.3 Å². The molecule has 0 aliphatic carbocycles. The van der Waals surface area contributed by atoms with Crippen molar-refractivity contribution in [2.45, 2.75) is 13.3 Å². The highest BCUT2D eigenvalue weighted by atomic mass is 16.1. The number of carbonyl (C=O) groups excluding carboxylic acids is 1. The summed E-state index contributed by atoms with van der Waals surface area (Å²) in [4.78, 5) is 17.7. The van der Waals surface area contributed by atoms with Crippen LogP contribution in [-0.4, -0.2) is 27.6 Å². The van der Waals surface area contributed by atoms with Crippen LogP contribution in [0.1, 0.15) is 12.5 Å². The van der Waals surface area contributed by atoms with Crippen molar-refractivity contribution >= 4 is 34.1 Å². The molecule has 4 aromatic rings. The molecule has 0 fully saturated rings. The van der Waals surface area contributed by atoms with Crippen LogP contribution in [0.15, 0.2) is 72.9 Å². The average molecular weight is 371 g/mol. The summed E-state index contributed by atoms with van der Waals surface area (Å²) in [5, 5.41) is 12.3. The van der Waals surface area contributed by atoms with Crippen molar-refractivity contribution in [3.63, 3.8) is 0 Å². The highest BCUT2D eigenvalue weighted by molar-refractivity contribution is 5.95. The van der Waals surface area contributed by atoms with Gasteiger partial charge in [-0.2, -0.15) is 0 Å². The molecule has 2 aromatic carbocycles. The number of nitrogens with zero attached hydrogens (tertiary/aromatic N) is 3. The third-order valence-corrected chi connectivity index (χ3v) is 4.60. The number of fused-ring (bicyclic) bond motifs is 1. The Hall–Kier alpha value is -3.67. The Morgan fingerprint density at radius 3 is 2.54 bits per heavy atom. The van der Waals surface area contributed by atoms with Crippen molar-refractivity contribution in [1.82, 2.24) is 15.2 Å². The predicted molar refractivity (Wildman–Crippen MR) is 112 cm³/mol. The zero-order valence-corrected chi connectivity index (χ0v) is 15.6. The first-order valence-corrected chi connectivity index (χ1v) is 9.26. The third kappa shape index (κ3) is 3.71. The molecule has 0 aliphatic rings. The number of amides is 1. The molecule has 1 amide bonds. The van der Waals surface area contributed by atoms with E-state index in [0.717, 1.165) is 34.5 Å². The second-order valence-corrected chi connectivity index (χ2v) is 6.44. The minimum Gasteiger partial charge on any atom is -0.361 e. The second kappa shape index (κ2) is 7.92. The van der Waals surface area contributed by atoms with E-state index in [4.69, 9.17) is 0 Å². The highest BCUT2D eigenvalue weighted by Crippen LogP contribution is 2.23. The van der Waals surface area contributed by atoms with E-state index >= 15 is 0 Å². The lowest BCUT2D eigenvalue weighted by Crippen LogP contribution is -2.19. The first kappa shape index (κ1) is 17.7. The maximum absolute atomic E-state index is 12.4. The first-order chi connectivity index (χ1) is 13.7. The maximum Gasteiger partial charge on any atom is 0.230 e. The van der Waals surface area contributed by atoms with Gasteiger partial charge in [-0.1, -0.05) is 36.4 Å². The molecular formula is C22H21N5O. The van der Waals surface area contributed by atoms with Crippen LogP contribution < -0.4 is 10.2 Å². The van der Waals surface area contributed by atoms with Gasteiger partial charge in [0.25, 0.3) is 0 Å². The topological polar surface area (TPSA) is 73.9 Å². The van der Waals surface area contributed by atoms with E-state index in [1.54, 1.807) is 6.07 Å². The van der Waals surface area contributed by atoms with Crippen LogP contribution in [0, 0.1) is 0 Å². The number of hydrogen-bond donors (Lipinski definition) is 2. The SMILES string of the molecule is CCN(c1ccccc1)c1ccc(NC(=O)Cc2c[nH]c3ccccc23)nn1. The molecule has 140 valence electrons. The molecule has 0 saturated carbocycles. The third-order valence-electron chi connectivity index (χ3n) is 4.60. The fraction of sp³-hybridized carbons (Fsp3) is 0.136. The standard InChI is InChI=1S/C22H21N5O/c1-2-27(17-8-4-3-5-9-17)21-13-12-20(25-26-21)24-22(28)14-16-15-23-19-11-7-6-10-18(16)19/h3-13,15,23H,2,14H2,1H3,(H,24,25,28). The molecule has 28 heavy (non-hydrogen) atoms. The van der Waals surface area contributed by atoms with Gasteiger partial charge in [-0.15, -0.1) is 10.2 Å². The lowest BCUT2D eigenvalue weighted by molar-refractivity contribution is -0.115. The van der Waals surface area contributed by atoms with Crippen LogP contribution in [0.25, 0.3) is 10.9 Å². The molecule has 0 bridgehead atoms. The van der Waals surface area contributed by atoms with Gasteiger partial charge in [-0.3, -0.25) is 4.79 Å². The summed E-state index contributed by atoms with van der Waals surface area (Å²) < 4.78 is 0. The van der Waals surface area contributed by atoms with Crippen molar-refractivity contribution in [1.29, 1.82) is 0 Å². The number of rotatable bonds is 6. The van der Waals surface area contributed by atoms with Crippen LogP contribution >= 0.6 is 0 Å². The number of aromatic nitrogens is 3. The summed E-state index contributed by atoms with van der Waals surface area (Å²) in [7, 11) is 0. The van der Waals surface area contributed by atoms with E-state index in [0.29, 0.717) is 5.82 Å². The number of aromatic amines is 1. The Kier molecular flexibility index (Phi) is 5.01. The van der Waals surface area contributed by atoms with E-state index in [9.17, 15) is 4.79 Å². The largest absolute Gasteiger partial charge is 0.361 e. The fourth-order valence-electron chi connectivity index (χ4n) is 3.26. The number of anilines is 3. The molecule has 2 heterocycles. The van der Waals surface area contributed by atoms with Gasteiger partial charge in [0.15, 0.2) is 11.6 Å². The van der Waals surface area contributed by atoms with E-state index in [-0.39, 0.29) is 12.3 Å². The molecule has 0 aliphatic heterocycles. The Bertz CT molecular complexity index is 1070. The van der Waals surface area contributed by atoms with Gasteiger partial charge in [0.2, 0.25) is 5.91 Å². The quantitative estimate of drug-likeness (QED) is 0.530. The molecule has 2 aromatic heterocycles. The second-order valence-electron chi connectivity index (χ2n) is 6.44. The summed E-state index contributed by atoms with van der Waals surface area (Å²) >= 11 is 0. The molecule has 4 rings (SSSR count). The number of benzene rings is 2. The highest BCUT2D eigenvalue weighted by Gasteiger charge is 2.12. The van der Waals surface area contributed by atoms with Crippen LogP contribution in [0.5, 0.6) is 0 Å². The van der Waals surface area contributed by atoms with Crippen molar-refractivity contribution in [2.75, 3.05) is 16.8 Å². The number of hydrogen-bond acceptors (Lipinski definition) is 4. The predicted octanol–water partition coefficient (Wildman–Crippen LogP) is 4.30. The lowest BCUT2D eigenvalue weighted by Gasteiger charge is -2.21. The van der Waals surface area contributed by atoms with Gasteiger partial charge in [0.1, 0.15) is 0 Å². The van der Waals surface area contributed by atoms with Crippen molar-refractivity contribution in [3.05, 3.63) is 78.5 Å². The Morgan fingerprint density at radius 1 is 1.00 bits per heavy atom. The van der Waals surface area contributed by atoms with E-state index < -0.39 is 0 Å². The van der Waals surface area contributed by atoms with Gasteiger partial charge >= 0.3 is 0 Å². The van der Waals surface area contributed by atoms with Gasteiger partial charge in [-0.25, -0.2) is 0 Å². The molecule has 0 atom stereocenters. The zero-order chi connectivity index (χ0) is 19.3. The maximum atomic E-state index is 12.4. The summed E-state index contributed by atoms with van der Waals surface area (Å²) in [6.45, 7) is 2.83. The van der Waals surface area contributed by atoms with Crippen LogP contribution in [0.2, 0.25) is 0 Å². The molecule has 2 N–H and O–H groups in total. The summed E-state index contributed by atoms with van der Waals surface area (Å²) in [5.74, 6) is 1.06. The van der Waals surface area contributed by atoms with Crippen molar-refractivity contribution in [2.24, 2.45) is 0 Å². The minimum atomic E-state index is -0.123. The summed E-state index contributed by atoms with van der Waals surface area (Å²) in [6.07, 6.45) is 2.15. The van der Waals surface area contributed by atoms with Gasteiger partial charge in [-0.05, 0) is 42.8 Å². The van der Waals surface area contributed by atoms with Crippen LogP contribution in [-0.2, 0) is 11.2 Å². The van der Waals surface area contributed by atoms with Crippen molar-refractivity contribution < 1.29 is 4.79 Å². The molecular weight excluding hydrogens is 350 g/mol. The average Bonchev–Trinajstić information content (AvgIpc) is 3.13. The number of H-pyrrole nitrogens is 1. The van der Waals surface area contributed by atoms with Crippen molar-refractivity contribution in [3.8, 4) is 0 Å². The molecule has 0 radical (unpaired) electrons. The monoisotopic (exact) mass is 371 g/mol. The molecule has 6 heteroatoms. The van der Waals surface area contributed by atoms with E-state index in [1.807, 2.05) is 66.9 Å². The minimum absolute atomic E-state index is 0.123. The number of para-hydroxylation sites is 2. The summed E-state index contributed by atoms with van der Waals surface area (Å²) in [6, 6.07) is 21.6. The molecule has 6 nitrogen and oxygen atoms in total. The number of nitrogens with one attached hydrogen (secondary N) is 2. The van der Waals surface area contributed by atoms with Gasteiger partial charge in [0, 0.05) is 29.3 Å². The normalized spacial score (nSPS) is 10.8. The molecule has 0 unspecified atom stereocenters. The first-order valence-electron chi connectivity index (χ1n) is 9.26. The molecule has 0 spiro atoms. The Morgan fingerprint density at radius 2 is 1.79 bits per heavy atom. The van der Waals surface area contributed by atoms with Gasteiger partial charge in [0.05, 0.1) is 6.42 Å². The van der Waals surface area contributed by atoms with Crippen LogP contribution in [0.4, 0.5) is 17.3 Å². The molecule has 0 saturated heterocycles. The van der Waals surface area contributed by atoms with E-state index in [1.165, 1.54) is 0 Å². The van der Waals surface area contributed by atoms with Crippen LogP contribution in [0.3, 0.4) is 0 Å². The fourth-order valence-corrected chi connectivity index (χ4v) is 3.26. The smallest absolute Gasteiger partial charge is 0.230 e. The lowest BCUT2D eigenvalue weighted by atomic mass is 10.1.